The third kappa shape index (κ3) is 3.90. The molecule has 0 unspecified atom stereocenters. The van der Waals surface area contributed by atoms with Crippen molar-refractivity contribution in [3.05, 3.63) is 108 Å². The Kier molecular flexibility index (Phi) is 5.39. The van der Waals surface area contributed by atoms with E-state index in [-0.39, 0.29) is 5.78 Å². The van der Waals surface area contributed by atoms with Crippen LogP contribution in [0.2, 0.25) is 0 Å². The van der Waals surface area contributed by atoms with Gasteiger partial charge in [-0.3, -0.25) is 9.59 Å². The molecule has 3 aromatic rings. The number of benzene rings is 3. The molecule has 0 saturated carbocycles. The van der Waals surface area contributed by atoms with Gasteiger partial charge in [-0.15, -0.1) is 0 Å². The molecule has 3 heteroatoms. The first kappa shape index (κ1) is 18.9. The lowest BCUT2D eigenvalue weighted by atomic mass is 9.70. The van der Waals surface area contributed by atoms with Gasteiger partial charge in [-0.05, 0) is 35.1 Å². The van der Waals surface area contributed by atoms with Crippen LogP contribution in [0.1, 0.15) is 34.3 Å². The zero-order valence-corrected chi connectivity index (χ0v) is 16.0. The highest BCUT2D eigenvalue weighted by atomic mass is 16.4. The Hall–Kier alpha value is -3.46. The zero-order valence-electron chi connectivity index (χ0n) is 16.0. The molecule has 0 heterocycles. The number of carboxylic acids is 1. The second kappa shape index (κ2) is 8.27. The van der Waals surface area contributed by atoms with Crippen LogP contribution in [0.15, 0.2) is 91.0 Å². The molecule has 0 spiro atoms. The number of Topliss-reactive ketones (excluding diaryl/α,β-unsaturated/α-hetero) is 1. The minimum absolute atomic E-state index is 0.0986. The molecule has 2 atom stereocenters. The average Bonchev–Trinajstić information content (AvgIpc) is 2.79. The normalized spacial score (nSPS) is 19.0. The molecule has 144 valence electrons. The average molecular weight is 382 g/mol. The number of carbonyl (C=O) groups excluding carboxylic acids is 1. The zero-order chi connectivity index (χ0) is 20.2. The molecule has 0 saturated heterocycles. The maximum atomic E-state index is 13.2. The number of carboxylic acid groups (broad SMARTS) is 1. The number of rotatable bonds is 5. The van der Waals surface area contributed by atoms with Crippen molar-refractivity contribution in [2.45, 2.75) is 12.8 Å². The molecule has 1 aliphatic carbocycles. The Labute approximate surface area is 170 Å². The van der Waals surface area contributed by atoms with Crippen LogP contribution >= 0.6 is 0 Å². The molecule has 1 N–H and O–H groups in total. The third-order valence-corrected chi connectivity index (χ3v) is 5.65. The molecule has 3 nitrogen and oxygen atoms in total. The van der Waals surface area contributed by atoms with Gasteiger partial charge < -0.3 is 5.11 Å². The fraction of sp³-hybridized carbons (Fsp3) is 0.154. The van der Waals surface area contributed by atoms with Gasteiger partial charge in [-0.2, -0.15) is 0 Å². The lowest BCUT2D eigenvalue weighted by molar-refractivity contribution is -0.143. The number of hydrogen-bond acceptors (Lipinski definition) is 2. The Morgan fingerprint density at radius 1 is 0.621 bits per heavy atom. The molecule has 3 aromatic carbocycles. The molecular weight excluding hydrogens is 360 g/mol. The summed E-state index contributed by atoms with van der Waals surface area (Å²) in [5.41, 5.74) is 4.70. The van der Waals surface area contributed by atoms with E-state index in [0.29, 0.717) is 18.4 Å². The minimum atomic E-state index is -0.917. The Morgan fingerprint density at radius 3 is 1.48 bits per heavy atom. The highest BCUT2D eigenvalue weighted by molar-refractivity contribution is 6.04. The van der Waals surface area contributed by atoms with E-state index >= 15 is 0 Å². The van der Waals surface area contributed by atoms with Crippen molar-refractivity contribution in [1.82, 2.24) is 0 Å². The van der Waals surface area contributed by atoms with Crippen LogP contribution in [-0.4, -0.2) is 16.9 Å². The van der Waals surface area contributed by atoms with Gasteiger partial charge in [0.15, 0.2) is 5.78 Å². The predicted octanol–water partition coefficient (Wildman–Crippen LogP) is 5.59. The quantitative estimate of drug-likeness (QED) is 0.585. The van der Waals surface area contributed by atoms with Crippen LogP contribution in [0.25, 0.3) is 11.1 Å². The number of carbonyl (C=O) groups is 2. The van der Waals surface area contributed by atoms with Gasteiger partial charge >= 0.3 is 5.97 Å². The fourth-order valence-corrected chi connectivity index (χ4v) is 4.18. The van der Waals surface area contributed by atoms with Gasteiger partial charge in [0.05, 0.1) is 5.92 Å². The van der Waals surface area contributed by atoms with Gasteiger partial charge in [0.1, 0.15) is 0 Å². The second-order valence-electron chi connectivity index (χ2n) is 7.38. The standard InChI is InChI=1S/C26H22O3/c27-25(20-14-8-3-9-15-20)23-16-21(18-10-4-1-5-11-18)22(17-24(23)26(28)29)19-12-6-2-7-13-19/h1-15,23-24H,16-17H2,(H,28,29)/t23-,24+/m1/s1. The van der Waals surface area contributed by atoms with E-state index < -0.39 is 17.8 Å². The van der Waals surface area contributed by atoms with E-state index in [1.54, 1.807) is 12.1 Å². The van der Waals surface area contributed by atoms with Crippen molar-refractivity contribution in [2.24, 2.45) is 11.8 Å². The first-order valence-electron chi connectivity index (χ1n) is 9.80. The smallest absolute Gasteiger partial charge is 0.307 e. The van der Waals surface area contributed by atoms with E-state index in [1.165, 1.54) is 0 Å². The first-order chi connectivity index (χ1) is 14.1. The molecular formula is C26H22O3. The summed E-state index contributed by atoms with van der Waals surface area (Å²) in [5.74, 6) is -2.35. The Balaban J connectivity index is 1.83. The van der Waals surface area contributed by atoms with E-state index in [9.17, 15) is 14.7 Å². The Morgan fingerprint density at radius 2 is 1.03 bits per heavy atom. The summed E-state index contributed by atoms with van der Waals surface area (Å²) in [7, 11) is 0. The van der Waals surface area contributed by atoms with E-state index in [4.69, 9.17) is 0 Å². The van der Waals surface area contributed by atoms with E-state index in [1.807, 2.05) is 78.9 Å². The summed E-state index contributed by atoms with van der Waals surface area (Å²) in [6.07, 6.45) is 0.756. The van der Waals surface area contributed by atoms with Gasteiger partial charge in [0.25, 0.3) is 0 Å². The van der Waals surface area contributed by atoms with Crippen LogP contribution in [0.3, 0.4) is 0 Å². The summed E-state index contributed by atoms with van der Waals surface area (Å²) in [6.45, 7) is 0. The molecule has 29 heavy (non-hydrogen) atoms. The summed E-state index contributed by atoms with van der Waals surface area (Å²) in [4.78, 5) is 25.4. The van der Waals surface area contributed by atoms with Crippen LogP contribution in [0.5, 0.6) is 0 Å². The summed E-state index contributed by atoms with van der Waals surface area (Å²) in [5, 5.41) is 9.95. The first-order valence-corrected chi connectivity index (χ1v) is 9.80. The number of hydrogen-bond donors (Lipinski definition) is 1. The van der Waals surface area contributed by atoms with Gasteiger partial charge in [0.2, 0.25) is 0 Å². The van der Waals surface area contributed by atoms with Gasteiger partial charge in [-0.25, -0.2) is 0 Å². The van der Waals surface area contributed by atoms with Crippen molar-refractivity contribution in [3.8, 4) is 0 Å². The molecule has 4 rings (SSSR count). The monoisotopic (exact) mass is 382 g/mol. The van der Waals surface area contributed by atoms with Crippen LogP contribution < -0.4 is 0 Å². The fourth-order valence-electron chi connectivity index (χ4n) is 4.18. The van der Waals surface area contributed by atoms with E-state index in [2.05, 4.69) is 0 Å². The Bertz CT molecular complexity index is 1040. The molecule has 0 radical (unpaired) electrons. The van der Waals surface area contributed by atoms with Crippen LogP contribution in [-0.2, 0) is 4.79 Å². The summed E-state index contributed by atoms with van der Waals surface area (Å²) < 4.78 is 0. The lowest BCUT2D eigenvalue weighted by Crippen LogP contribution is -2.33. The second-order valence-corrected chi connectivity index (χ2v) is 7.38. The molecule has 0 aliphatic heterocycles. The van der Waals surface area contributed by atoms with Crippen molar-refractivity contribution in [1.29, 1.82) is 0 Å². The predicted molar refractivity (Wildman–Crippen MR) is 114 cm³/mol. The summed E-state index contributed by atoms with van der Waals surface area (Å²) in [6, 6.07) is 28.9. The lowest BCUT2D eigenvalue weighted by Gasteiger charge is -2.32. The highest BCUT2D eigenvalue weighted by Crippen LogP contribution is 2.44. The maximum absolute atomic E-state index is 13.2. The van der Waals surface area contributed by atoms with Gasteiger partial charge in [-0.1, -0.05) is 91.0 Å². The highest BCUT2D eigenvalue weighted by Gasteiger charge is 2.39. The topological polar surface area (TPSA) is 54.4 Å². The summed E-state index contributed by atoms with van der Waals surface area (Å²) >= 11 is 0. The van der Waals surface area contributed by atoms with Crippen LogP contribution in [0, 0.1) is 11.8 Å². The number of allylic oxidation sites excluding steroid dienone is 2. The largest absolute Gasteiger partial charge is 0.481 e. The molecule has 0 amide bonds. The maximum Gasteiger partial charge on any atom is 0.307 e. The van der Waals surface area contributed by atoms with E-state index in [0.717, 1.165) is 22.3 Å². The van der Waals surface area contributed by atoms with Crippen molar-refractivity contribution >= 4 is 22.9 Å². The molecule has 1 aliphatic rings. The SMILES string of the molecule is O=C(O)[C@H]1CC(c2ccccc2)=C(c2ccccc2)C[C@H]1C(=O)c1ccccc1. The number of ketones is 1. The minimum Gasteiger partial charge on any atom is -0.481 e. The van der Waals surface area contributed by atoms with Crippen molar-refractivity contribution in [2.75, 3.05) is 0 Å². The molecule has 0 aromatic heterocycles. The van der Waals surface area contributed by atoms with Crippen LogP contribution in [0.4, 0.5) is 0 Å². The van der Waals surface area contributed by atoms with Crippen molar-refractivity contribution in [3.63, 3.8) is 0 Å². The van der Waals surface area contributed by atoms with Gasteiger partial charge in [0, 0.05) is 11.5 Å². The third-order valence-electron chi connectivity index (χ3n) is 5.65. The van der Waals surface area contributed by atoms with Crippen molar-refractivity contribution < 1.29 is 14.7 Å². The molecule has 0 bridgehead atoms. The molecule has 0 fully saturated rings. The number of aliphatic carboxylic acids is 1.